The van der Waals surface area contributed by atoms with Gasteiger partial charge < -0.3 is 5.32 Å². The molecule has 0 aromatic carbocycles. The minimum atomic E-state index is -2.89. The van der Waals surface area contributed by atoms with Crippen LogP contribution in [0.25, 0.3) is 0 Å². The summed E-state index contributed by atoms with van der Waals surface area (Å²) in [6.45, 7) is 11.5. The number of sulfone groups is 1. The molecule has 0 aromatic heterocycles. The summed E-state index contributed by atoms with van der Waals surface area (Å²) in [4.78, 5) is 2.60. The van der Waals surface area contributed by atoms with Crippen LogP contribution in [-0.4, -0.2) is 56.5 Å². The molecule has 1 saturated heterocycles. The van der Waals surface area contributed by atoms with Crippen LogP contribution in [0, 0.1) is 5.92 Å². The fourth-order valence-electron chi connectivity index (χ4n) is 3.09. The second kappa shape index (κ2) is 9.11. The Kier molecular flexibility index (Phi) is 8.21. The molecule has 0 spiro atoms. The predicted molar refractivity (Wildman–Crippen MR) is 90.5 cm³/mol. The summed E-state index contributed by atoms with van der Waals surface area (Å²) in [5.74, 6) is 1.07. The standard InChI is InChI=1S/C16H34N2O2S/c1-5-21(19,20)13-15(4)17-12-16(14(2)3)18-10-8-6-7-9-11-18/h14-17H,5-13H2,1-4H3. The average Bonchev–Trinajstić information content (AvgIpc) is 2.67. The summed E-state index contributed by atoms with van der Waals surface area (Å²) in [6, 6.07) is 0.540. The second-order valence-corrected chi connectivity index (χ2v) is 9.17. The van der Waals surface area contributed by atoms with Gasteiger partial charge in [0, 0.05) is 24.4 Å². The lowest BCUT2D eigenvalue weighted by Gasteiger charge is -2.34. The zero-order chi connectivity index (χ0) is 15.9. The van der Waals surface area contributed by atoms with Crippen molar-refractivity contribution in [3.05, 3.63) is 0 Å². The Labute approximate surface area is 131 Å². The van der Waals surface area contributed by atoms with Crippen molar-refractivity contribution in [2.75, 3.05) is 31.1 Å². The van der Waals surface area contributed by atoms with E-state index in [9.17, 15) is 8.42 Å². The van der Waals surface area contributed by atoms with Crippen LogP contribution in [0.2, 0.25) is 0 Å². The van der Waals surface area contributed by atoms with Gasteiger partial charge in [0.05, 0.1) is 5.75 Å². The lowest BCUT2D eigenvalue weighted by Crippen LogP contribution is -2.48. The van der Waals surface area contributed by atoms with Gasteiger partial charge in [-0.25, -0.2) is 8.42 Å². The molecule has 0 radical (unpaired) electrons. The van der Waals surface area contributed by atoms with E-state index >= 15 is 0 Å². The summed E-state index contributed by atoms with van der Waals surface area (Å²) in [7, 11) is -2.89. The van der Waals surface area contributed by atoms with Crippen LogP contribution in [0.4, 0.5) is 0 Å². The number of rotatable bonds is 8. The topological polar surface area (TPSA) is 49.4 Å². The van der Waals surface area contributed by atoms with E-state index in [1.807, 2.05) is 6.92 Å². The van der Waals surface area contributed by atoms with Gasteiger partial charge in [-0.3, -0.25) is 4.90 Å². The maximum Gasteiger partial charge on any atom is 0.151 e. The van der Waals surface area contributed by atoms with Crippen molar-refractivity contribution in [1.29, 1.82) is 0 Å². The first-order chi connectivity index (χ1) is 9.85. The number of hydrogen-bond acceptors (Lipinski definition) is 4. The van der Waals surface area contributed by atoms with Crippen molar-refractivity contribution in [3.63, 3.8) is 0 Å². The van der Waals surface area contributed by atoms with Crippen LogP contribution in [0.5, 0.6) is 0 Å². The molecule has 5 heteroatoms. The van der Waals surface area contributed by atoms with Crippen LogP contribution in [0.3, 0.4) is 0 Å². The second-order valence-electron chi connectivity index (χ2n) is 6.77. The Morgan fingerprint density at radius 1 is 1.05 bits per heavy atom. The van der Waals surface area contributed by atoms with Gasteiger partial charge in [0.15, 0.2) is 9.84 Å². The summed E-state index contributed by atoms with van der Waals surface area (Å²) >= 11 is 0. The van der Waals surface area contributed by atoms with E-state index in [0.717, 1.165) is 6.54 Å². The lowest BCUT2D eigenvalue weighted by molar-refractivity contribution is 0.154. The van der Waals surface area contributed by atoms with Gasteiger partial charge in [0.2, 0.25) is 0 Å². The highest BCUT2D eigenvalue weighted by molar-refractivity contribution is 7.91. The fraction of sp³-hybridized carbons (Fsp3) is 1.00. The maximum absolute atomic E-state index is 11.7. The summed E-state index contributed by atoms with van der Waals surface area (Å²) in [6.07, 6.45) is 5.28. The summed E-state index contributed by atoms with van der Waals surface area (Å²) < 4.78 is 23.4. The molecular weight excluding hydrogens is 284 g/mol. The molecule has 1 N–H and O–H groups in total. The molecule has 1 aliphatic rings. The SMILES string of the molecule is CCS(=O)(=O)CC(C)NCC(C(C)C)N1CCCCCC1. The molecule has 126 valence electrons. The number of nitrogens with one attached hydrogen (secondary N) is 1. The number of likely N-dealkylation sites (tertiary alicyclic amines) is 1. The lowest BCUT2D eigenvalue weighted by atomic mass is 10.0. The zero-order valence-electron chi connectivity index (χ0n) is 14.3. The molecule has 21 heavy (non-hydrogen) atoms. The van der Waals surface area contributed by atoms with Gasteiger partial charge in [-0.2, -0.15) is 0 Å². The quantitative estimate of drug-likeness (QED) is 0.746. The minimum Gasteiger partial charge on any atom is -0.312 e. The average molecular weight is 319 g/mol. The van der Waals surface area contributed by atoms with Crippen LogP contribution in [0.1, 0.15) is 53.4 Å². The molecule has 1 fully saturated rings. The molecule has 0 bridgehead atoms. The molecule has 0 aliphatic carbocycles. The van der Waals surface area contributed by atoms with Gasteiger partial charge in [-0.1, -0.05) is 33.6 Å². The molecular formula is C16H34N2O2S. The third-order valence-corrected chi connectivity index (χ3v) is 6.39. The Hall–Kier alpha value is -0.130. The van der Waals surface area contributed by atoms with Crippen LogP contribution < -0.4 is 5.32 Å². The van der Waals surface area contributed by atoms with Crippen molar-refractivity contribution in [1.82, 2.24) is 10.2 Å². The normalized spacial score (nSPS) is 21.2. The molecule has 2 atom stereocenters. The smallest absolute Gasteiger partial charge is 0.151 e. The third kappa shape index (κ3) is 7.11. The summed E-state index contributed by atoms with van der Waals surface area (Å²) in [5, 5.41) is 3.45. The van der Waals surface area contributed by atoms with Crippen LogP contribution in [-0.2, 0) is 9.84 Å². The molecule has 0 aromatic rings. The molecule has 1 aliphatic heterocycles. The van der Waals surface area contributed by atoms with Gasteiger partial charge in [-0.15, -0.1) is 0 Å². The number of hydrogen-bond donors (Lipinski definition) is 1. The van der Waals surface area contributed by atoms with Crippen molar-refractivity contribution in [2.45, 2.75) is 65.5 Å². The highest BCUT2D eigenvalue weighted by Crippen LogP contribution is 2.17. The highest BCUT2D eigenvalue weighted by Gasteiger charge is 2.23. The van der Waals surface area contributed by atoms with E-state index in [2.05, 4.69) is 24.1 Å². The minimum absolute atomic E-state index is 0.0307. The highest BCUT2D eigenvalue weighted by atomic mass is 32.2. The maximum atomic E-state index is 11.7. The Morgan fingerprint density at radius 3 is 2.10 bits per heavy atom. The van der Waals surface area contributed by atoms with Crippen LogP contribution >= 0.6 is 0 Å². The van der Waals surface area contributed by atoms with Crippen LogP contribution in [0.15, 0.2) is 0 Å². The van der Waals surface area contributed by atoms with E-state index in [1.54, 1.807) is 6.92 Å². The number of nitrogens with zero attached hydrogens (tertiary/aromatic N) is 1. The Morgan fingerprint density at radius 2 is 1.62 bits per heavy atom. The van der Waals surface area contributed by atoms with E-state index < -0.39 is 9.84 Å². The van der Waals surface area contributed by atoms with Gasteiger partial charge in [0.1, 0.15) is 0 Å². The third-order valence-electron chi connectivity index (χ3n) is 4.50. The first kappa shape index (κ1) is 18.9. The molecule has 4 nitrogen and oxygen atoms in total. The first-order valence-electron chi connectivity index (χ1n) is 8.53. The fourth-order valence-corrected chi connectivity index (χ4v) is 4.21. The van der Waals surface area contributed by atoms with Crippen molar-refractivity contribution in [2.24, 2.45) is 5.92 Å². The van der Waals surface area contributed by atoms with Gasteiger partial charge in [-0.05, 0) is 38.8 Å². The monoisotopic (exact) mass is 318 g/mol. The van der Waals surface area contributed by atoms with E-state index in [0.29, 0.717) is 12.0 Å². The van der Waals surface area contributed by atoms with E-state index in [4.69, 9.17) is 0 Å². The first-order valence-corrected chi connectivity index (χ1v) is 10.4. The molecule has 2 unspecified atom stereocenters. The van der Waals surface area contributed by atoms with E-state index in [-0.39, 0.29) is 17.5 Å². The van der Waals surface area contributed by atoms with Gasteiger partial charge >= 0.3 is 0 Å². The summed E-state index contributed by atoms with van der Waals surface area (Å²) in [5.41, 5.74) is 0. The molecule has 1 heterocycles. The largest absolute Gasteiger partial charge is 0.312 e. The van der Waals surface area contributed by atoms with E-state index in [1.165, 1.54) is 38.8 Å². The molecule has 0 saturated carbocycles. The van der Waals surface area contributed by atoms with Crippen molar-refractivity contribution >= 4 is 9.84 Å². The molecule has 1 rings (SSSR count). The molecule has 0 amide bonds. The zero-order valence-corrected chi connectivity index (χ0v) is 15.1. The van der Waals surface area contributed by atoms with Crippen molar-refractivity contribution in [3.8, 4) is 0 Å². The predicted octanol–water partition coefficient (Wildman–Crippen LogP) is 2.30. The Balaban J connectivity index is 2.50. The van der Waals surface area contributed by atoms with Gasteiger partial charge in [0.25, 0.3) is 0 Å². The Bertz CT molecular complexity index is 374. The van der Waals surface area contributed by atoms with Crippen molar-refractivity contribution < 1.29 is 8.42 Å².